The summed E-state index contributed by atoms with van der Waals surface area (Å²) >= 11 is 0. The minimum Gasteiger partial charge on any atom is -0.423 e. The van der Waals surface area contributed by atoms with Gasteiger partial charge in [-0.2, -0.15) is 0 Å². The molecule has 0 heterocycles. The predicted molar refractivity (Wildman–Crippen MR) is 73.0 cm³/mol. The maximum atomic E-state index is 11.9. The summed E-state index contributed by atoms with van der Waals surface area (Å²) in [7, 11) is 0. The van der Waals surface area contributed by atoms with Gasteiger partial charge in [-0.25, -0.2) is 9.90 Å². The molecule has 4 nitrogen and oxygen atoms in total. The Morgan fingerprint density at radius 2 is 1.75 bits per heavy atom. The number of benzene rings is 2. The molecule has 0 aliphatic carbocycles. The Hall–Kier alpha value is -2.17. The van der Waals surface area contributed by atoms with Gasteiger partial charge >= 0.3 is 5.97 Å². The number of ether oxygens (including phenoxy) is 1. The Balaban J connectivity index is 2.20. The van der Waals surface area contributed by atoms with Gasteiger partial charge in [-0.1, -0.05) is 24.3 Å². The SMILES string of the molecule is [O]Cc1cc(CCO)cc(OC(=O)c2ccccc2)c1. The number of rotatable bonds is 5. The average molecular weight is 271 g/mol. The van der Waals surface area contributed by atoms with E-state index in [-0.39, 0.29) is 6.61 Å². The minimum atomic E-state index is -0.469. The fraction of sp³-hybridized carbons (Fsp3) is 0.188. The van der Waals surface area contributed by atoms with Crippen molar-refractivity contribution in [2.75, 3.05) is 6.61 Å². The van der Waals surface area contributed by atoms with E-state index in [1.165, 1.54) is 0 Å². The summed E-state index contributed by atoms with van der Waals surface area (Å²) in [6, 6.07) is 13.6. The molecule has 1 radical (unpaired) electrons. The Kier molecular flexibility index (Phi) is 4.87. The van der Waals surface area contributed by atoms with Gasteiger partial charge in [0, 0.05) is 6.61 Å². The molecular weight excluding hydrogens is 256 g/mol. The highest BCUT2D eigenvalue weighted by Gasteiger charge is 2.09. The van der Waals surface area contributed by atoms with Crippen molar-refractivity contribution in [3.63, 3.8) is 0 Å². The van der Waals surface area contributed by atoms with Crippen LogP contribution in [-0.4, -0.2) is 17.7 Å². The summed E-state index contributed by atoms with van der Waals surface area (Å²) in [4.78, 5) is 11.9. The highest BCUT2D eigenvalue weighted by molar-refractivity contribution is 5.91. The maximum absolute atomic E-state index is 11.9. The van der Waals surface area contributed by atoms with Crippen molar-refractivity contribution in [2.45, 2.75) is 13.0 Å². The van der Waals surface area contributed by atoms with E-state index >= 15 is 0 Å². The first-order chi connectivity index (χ1) is 9.72. The largest absolute Gasteiger partial charge is 0.423 e. The highest BCUT2D eigenvalue weighted by Crippen LogP contribution is 2.19. The normalized spacial score (nSPS) is 10.3. The molecule has 0 saturated carbocycles. The summed E-state index contributed by atoms with van der Waals surface area (Å²) < 4.78 is 5.27. The van der Waals surface area contributed by atoms with Crippen molar-refractivity contribution in [3.05, 3.63) is 65.2 Å². The van der Waals surface area contributed by atoms with Crippen LogP contribution in [0.2, 0.25) is 0 Å². The maximum Gasteiger partial charge on any atom is 0.343 e. The van der Waals surface area contributed by atoms with Crippen LogP contribution in [0.1, 0.15) is 21.5 Å². The van der Waals surface area contributed by atoms with Crippen molar-refractivity contribution in [1.82, 2.24) is 0 Å². The smallest absolute Gasteiger partial charge is 0.343 e. The zero-order chi connectivity index (χ0) is 14.4. The third kappa shape index (κ3) is 3.66. The van der Waals surface area contributed by atoms with Crippen LogP contribution in [-0.2, 0) is 18.1 Å². The Labute approximate surface area is 117 Å². The monoisotopic (exact) mass is 271 g/mol. The molecule has 4 heteroatoms. The lowest BCUT2D eigenvalue weighted by molar-refractivity contribution is 0.0734. The van der Waals surface area contributed by atoms with E-state index in [1.807, 2.05) is 6.07 Å². The van der Waals surface area contributed by atoms with Crippen molar-refractivity contribution in [1.29, 1.82) is 0 Å². The summed E-state index contributed by atoms with van der Waals surface area (Å²) in [5.74, 6) is -0.140. The summed E-state index contributed by atoms with van der Waals surface area (Å²) in [5, 5.41) is 19.9. The molecule has 0 aliphatic rings. The van der Waals surface area contributed by atoms with E-state index in [2.05, 4.69) is 0 Å². The molecule has 0 saturated heterocycles. The fourth-order valence-corrected chi connectivity index (χ4v) is 1.88. The van der Waals surface area contributed by atoms with E-state index in [9.17, 15) is 9.90 Å². The number of aliphatic hydroxyl groups is 1. The molecule has 0 aliphatic heterocycles. The van der Waals surface area contributed by atoms with Crippen molar-refractivity contribution in [2.24, 2.45) is 0 Å². The van der Waals surface area contributed by atoms with Gasteiger partial charge in [0.25, 0.3) is 0 Å². The third-order valence-corrected chi connectivity index (χ3v) is 2.81. The van der Waals surface area contributed by atoms with Gasteiger partial charge in [0.2, 0.25) is 0 Å². The van der Waals surface area contributed by atoms with Gasteiger partial charge in [0.15, 0.2) is 0 Å². The van der Waals surface area contributed by atoms with E-state index < -0.39 is 12.6 Å². The van der Waals surface area contributed by atoms with Gasteiger partial charge in [-0.3, -0.25) is 0 Å². The molecule has 103 valence electrons. The first kappa shape index (κ1) is 14.2. The lowest BCUT2D eigenvalue weighted by Crippen LogP contribution is -2.09. The Morgan fingerprint density at radius 3 is 2.40 bits per heavy atom. The molecule has 0 atom stereocenters. The molecule has 0 amide bonds. The Morgan fingerprint density at radius 1 is 1.05 bits per heavy atom. The molecule has 0 spiro atoms. The van der Waals surface area contributed by atoms with E-state index in [0.29, 0.717) is 23.3 Å². The number of carbonyl (C=O) groups excluding carboxylic acids is 1. The fourth-order valence-electron chi connectivity index (χ4n) is 1.88. The molecular formula is C16H15O4. The molecule has 20 heavy (non-hydrogen) atoms. The van der Waals surface area contributed by atoms with E-state index in [0.717, 1.165) is 5.56 Å². The lowest BCUT2D eigenvalue weighted by Gasteiger charge is -2.08. The van der Waals surface area contributed by atoms with Gasteiger partial charge < -0.3 is 9.84 Å². The number of aliphatic hydroxyl groups excluding tert-OH is 1. The molecule has 2 aromatic rings. The van der Waals surface area contributed by atoms with Gasteiger partial charge in [0.05, 0.1) is 5.56 Å². The Bertz CT molecular complexity index is 578. The molecule has 0 bridgehead atoms. The predicted octanol–water partition coefficient (Wildman–Crippen LogP) is 2.37. The van der Waals surface area contributed by atoms with Crippen LogP contribution < -0.4 is 4.74 Å². The zero-order valence-electron chi connectivity index (χ0n) is 10.9. The minimum absolute atomic E-state index is 0.0195. The topological polar surface area (TPSA) is 66.4 Å². The summed E-state index contributed by atoms with van der Waals surface area (Å²) in [6.45, 7) is -0.413. The highest BCUT2D eigenvalue weighted by atomic mass is 16.5. The quantitative estimate of drug-likeness (QED) is 0.670. The van der Waals surface area contributed by atoms with Gasteiger partial charge in [0.1, 0.15) is 12.4 Å². The molecule has 2 rings (SSSR count). The van der Waals surface area contributed by atoms with Crippen LogP contribution in [0.15, 0.2) is 48.5 Å². The van der Waals surface area contributed by atoms with Gasteiger partial charge in [-0.05, 0) is 41.8 Å². The third-order valence-electron chi connectivity index (χ3n) is 2.81. The second kappa shape index (κ2) is 6.84. The van der Waals surface area contributed by atoms with Crippen LogP contribution in [0.5, 0.6) is 5.75 Å². The molecule has 0 unspecified atom stereocenters. The van der Waals surface area contributed by atoms with Crippen LogP contribution in [0.25, 0.3) is 0 Å². The molecule has 0 fully saturated rings. The summed E-state index contributed by atoms with van der Waals surface area (Å²) in [5.41, 5.74) is 1.76. The second-order valence-electron chi connectivity index (χ2n) is 4.36. The average Bonchev–Trinajstić information content (AvgIpc) is 2.48. The molecule has 2 aromatic carbocycles. The first-order valence-corrected chi connectivity index (χ1v) is 6.32. The number of carbonyl (C=O) groups is 1. The van der Waals surface area contributed by atoms with Crippen LogP contribution >= 0.6 is 0 Å². The second-order valence-corrected chi connectivity index (χ2v) is 4.36. The standard InChI is InChI=1S/C16H15O4/c17-7-6-12-8-13(11-18)10-15(9-12)20-16(19)14-4-2-1-3-5-14/h1-5,8-10,17H,6-7,11H2. The van der Waals surface area contributed by atoms with E-state index in [4.69, 9.17) is 9.84 Å². The number of hydrogen-bond acceptors (Lipinski definition) is 3. The molecule has 0 aromatic heterocycles. The number of esters is 1. The zero-order valence-corrected chi connectivity index (χ0v) is 10.9. The van der Waals surface area contributed by atoms with Gasteiger partial charge in [-0.15, -0.1) is 0 Å². The molecule has 1 N–H and O–H groups in total. The van der Waals surface area contributed by atoms with Crippen LogP contribution in [0.4, 0.5) is 0 Å². The lowest BCUT2D eigenvalue weighted by atomic mass is 10.1. The van der Waals surface area contributed by atoms with Crippen LogP contribution in [0, 0.1) is 0 Å². The van der Waals surface area contributed by atoms with Crippen LogP contribution in [0.3, 0.4) is 0 Å². The van der Waals surface area contributed by atoms with Crippen molar-refractivity contribution < 1.29 is 19.7 Å². The van der Waals surface area contributed by atoms with Crippen molar-refractivity contribution >= 4 is 5.97 Å². The number of hydrogen-bond donors (Lipinski definition) is 1. The summed E-state index contributed by atoms with van der Waals surface area (Å²) in [6.07, 6.45) is 0.420. The first-order valence-electron chi connectivity index (χ1n) is 6.32. The van der Waals surface area contributed by atoms with E-state index in [1.54, 1.807) is 42.5 Å². The van der Waals surface area contributed by atoms with Crippen molar-refractivity contribution in [3.8, 4) is 5.75 Å².